The van der Waals surface area contributed by atoms with Gasteiger partial charge in [-0.1, -0.05) is 40.2 Å². The lowest BCUT2D eigenvalue weighted by Crippen LogP contribution is -2.34. The molecule has 1 atom stereocenters. The number of nitrogens with zero attached hydrogens (tertiary/aromatic N) is 2. The van der Waals surface area contributed by atoms with Crippen LogP contribution in [-0.2, 0) is 5.54 Å². The molecule has 2 aromatic rings. The van der Waals surface area contributed by atoms with Crippen LogP contribution in [0.2, 0.25) is 0 Å². The average Bonchev–Trinajstić information content (AvgIpc) is 2.84. The van der Waals surface area contributed by atoms with E-state index in [1.165, 1.54) is 0 Å². The summed E-state index contributed by atoms with van der Waals surface area (Å²) >= 11 is 3.55. The van der Waals surface area contributed by atoms with Crippen LogP contribution in [0.3, 0.4) is 0 Å². The van der Waals surface area contributed by atoms with E-state index in [1.54, 1.807) is 7.11 Å². The molecule has 0 saturated heterocycles. The van der Waals surface area contributed by atoms with Crippen LogP contribution < -0.4 is 10.5 Å². The standard InChI is InChI=1S/C17H18BrN3O/c1-21-11-17(20-16(21)19,12-5-3-7-14(18)9-12)13-6-4-8-15(10-13)22-2/h3-10H,11H2,1-2H3,(H2,19,20). The van der Waals surface area contributed by atoms with Crippen LogP contribution in [0.5, 0.6) is 5.75 Å². The minimum Gasteiger partial charge on any atom is -0.497 e. The Bertz CT molecular complexity index is 731. The topological polar surface area (TPSA) is 50.9 Å². The quantitative estimate of drug-likeness (QED) is 0.916. The summed E-state index contributed by atoms with van der Waals surface area (Å²) in [5.41, 5.74) is 7.72. The van der Waals surface area contributed by atoms with Gasteiger partial charge in [-0.3, -0.25) is 0 Å². The predicted molar refractivity (Wildman–Crippen MR) is 92.2 cm³/mol. The van der Waals surface area contributed by atoms with E-state index in [0.29, 0.717) is 12.5 Å². The monoisotopic (exact) mass is 359 g/mol. The van der Waals surface area contributed by atoms with Gasteiger partial charge in [0.25, 0.3) is 0 Å². The molecular formula is C17H18BrN3O. The van der Waals surface area contributed by atoms with Crippen LogP contribution in [0.1, 0.15) is 11.1 Å². The van der Waals surface area contributed by atoms with E-state index in [1.807, 2.05) is 42.3 Å². The Morgan fingerprint density at radius 2 is 1.86 bits per heavy atom. The van der Waals surface area contributed by atoms with Gasteiger partial charge in [0, 0.05) is 11.5 Å². The van der Waals surface area contributed by atoms with Crippen LogP contribution in [0.25, 0.3) is 0 Å². The highest BCUT2D eigenvalue weighted by atomic mass is 79.9. The number of methoxy groups -OCH3 is 1. The van der Waals surface area contributed by atoms with Gasteiger partial charge in [-0.2, -0.15) is 0 Å². The zero-order valence-electron chi connectivity index (χ0n) is 12.6. The second kappa shape index (κ2) is 5.65. The van der Waals surface area contributed by atoms with Crippen molar-refractivity contribution in [1.29, 1.82) is 0 Å². The largest absolute Gasteiger partial charge is 0.497 e. The highest BCUT2D eigenvalue weighted by Gasteiger charge is 2.41. The van der Waals surface area contributed by atoms with Crippen molar-refractivity contribution in [2.24, 2.45) is 10.7 Å². The Balaban J connectivity index is 2.20. The predicted octanol–water partition coefficient (Wildman–Crippen LogP) is 2.96. The zero-order valence-corrected chi connectivity index (χ0v) is 14.2. The number of likely N-dealkylation sites (N-methyl/N-ethyl adjacent to an activating group) is 1. The molecule has 2 aromatic carbocycles. The van der Waals surface area contributed by atoms with Gasteiger partial charge in [0.2, 0.25) is 0 Å². The molecule has 22 heavy (non-hydrogen) atoms. The molecule has 1 aliphatic rings. The Kier molecular flexibility index (Phi) is 3.83. The van der Waals surface area contributed by atoms with E-state index in [0.717, 1.165) is 21.3 Å². The lowest BCUT2D eigenvalue weighted by Gasteiger charge is -2.28. The second-order valence-corrected chi connectivity index (χ2v) is 6.34. The Morgan fingerprint density at radius 3 is 2.45 bits per heavy atom. The van der Waals surface area contributed by atoms with Gasteiger partial charge in [0.05, 0.1) is 13.7 Å². The highest BCUT2D eigenvalue weighted by Crippen LogP contribution is 2.39. The molecule has 0 bridgehead atoms. The fourth-order valence-corrected chi connectivity index (χ4v) is 3.24. The first-order chi connectivity index (χ1) is 10.5. The number of guanidine groups is 1. The van der Waals surface area contributed by atoms with Crippen molar-refractivity contribution in [2.45, 2.75) is 5.54 Å². The number of aliphatic imine (C=N–C) groups is 1. The third-order valence-corrected chi connectivity index (χ3v) is 4.51. The minimum atomic E-state index is -0.517. The fourth-order valence-electron chi connectivity index (χ4n) is 2.84. The molecule has 0 amide bonds. The average molecular weight is 360 g/mol. The number of hydrogen-bond acceptors (Lipinski definition) is 4. The van der Waals surface area contributed by atoms with Gasteiger partial charge in [0.15, 0.2) is 5.96 Å². The summed E-state index contributed by atoms with van der Waals surface area (Å²) in [6.07, 6.45) is 0. The number of benzene rings is 2. The minimum absolute atomic E-state index is 0.517. The third kappa shape index (κ3) is 2.46. The van der Waals surface area contributed by atoms with Crippen molar-refractivity contribution < 1.29 is 4.74 Å². The van der Waals surface area contributed by atoms with Crippen LogP contribution in [0.15, 0.2) is 58.0 Å². The summed E-state index contributed by atoms with van der Waals surface area (Å²) < 4.78 is 6.39. The summed E-state index contributed by atoms with van der Waals surface area (Å²) in [5.74, 6) is 1.36. The first-order valence-corrected chi connectivity index (χ1v) is 7.81. The van der Waals surface area contributed by atoms with Gasteiger partial charge in [0.1, 0.15) is 11.3 Å². The van der Waals surface area contributed by atoms with Crippen LogP contribution in [0.4, 0.5) is 0 Å². The molecule has 0 saturated carbocycles. The molecule has 1 unspecified atom stereocenters. The number of rotatable bonds is 3. The van der Waals surface area contributed by atoms with Crippen LogP contribution in [0, 0.1) is 0 Å². The molecule has 2 N–H and O–H groups in total. The number of ether oxygens (including phenoxy) is 1. The van der Waals surface area contributed by atoms with Gasteiger partial charge in [-0.25, -0.2) is 4.99 Å². The maximum absolute atomic E-state index is 6.07. The molecule has 4 nitrogen and oxygen atoms in total. The maximum Gasteiger partial charge on any atom is 0.192 e. The Hall–Kier alpha value is -2.01. The Morgan fingerprint density at radius 1 is 1.18 bits per heavy atom. The molecule has 5 heteroatoms. The van der Waals surface area contributed by atoms with Gasteiger partial charge >= 0.3 is 0 Å². The lowest BCUT2D eigenvalue weighted by atomic mass is 9.83. The zero-order chi connectivity index (χ0) is 15.7. The molecule has 1 heterocycles. The number of hydrogen-bond donors (Lipinski definition) is 1. The summed E-state index contributed by atoms with van der Waals surface area (Å²) in [4.78, 5) is 6.77. The lowest BCUT2D eigenvalue weighted by molar-refractivity contribution is 0.407. The summed E-state index contributed by atoms with van der Waals surface area (Å²) in [5, 5.41) is 0. The van der Waals surface area contributed by atoms with Gasteiger partial charge in [-0.15, -0.1) is 0 Å². The van der Waals surface area contributed by atoms with Crippen molar-refractivity contribution in [1.82, 2.24) is 4.90 Å². The van der Waals surface area contributed by atoms with Gasteiger partial charge in [-0.05, 0) is 35.4 Å². The first-order valence-electron chi connectivity index (χ1n) is 7.02. The third-order valence-electron chi connectivity index (χ3n) is 4.01. The van der Waals surface area contributed by atoms with Crippen LogP contribution in [-0.4, -0.2) is 31.6 Å². The number of halogens is 1. The molecule has 0 aliphatic carbocycles. The SMILES string of the molecule is COc1cccc(C2(c3cccc(Br)c3)CN(C)C(N)=N2)c1. The molecule has 0 spiro atoms. The van der Waals surface area contributed by atoms with Gasteiger partial charge < -0.3 is 15.4 Å². The summed E-state index contributed by atoms with van der Waals surface area (Å²) in [6, 6.07) is 16.2. The Labute approximate surface area is 138 Å². The highest BCUT2D eigenvalue weighted by molar-refractivity contribution is 9.10. The van der Waals surface area contributed by atoms with E-state index in [-0.39, 0.29) is 0 Å². The van der Waals surface area contributed by atoms with Crippen LogP contribution >= 0.6 is 15.9 Å². The fraction of sp³-hybridized carbons (Fsp3) is 0.235. The van der Waals surface area contributed by atoms with E-state index in [4.69, 9.17) is 15.5 Å². The molecule has 0 radical (unpaired) electrons. The first kappa shape index (κ1) is 14.9. The second-order valence-electron chi connectivity index (χ2n) is 5.43. The maximum atomic E-state index is 6.07. The summed E-state index contributed by atoms with van der Waals surface area (Å²) in [6.45, 7) is 0.697. The van der Waals surface area contributed by atoms with E-state index < -0.39 is 5.54 Å². The molecule has 0 aromatic heterocycles. The molecule has 3 rings (SSSR count). The van der Waals surface area contributed by atoms with Crippen molar-refractivity contribution in [3.8, 4) is 5.75 Å². The molecule has 0 fully saturated rings. The number of nitrogens with two attached hydrogens (primary N) is 1. The molecule has 1 aliphatic heterocycles. The normalized spacial score (nSPS) is 20.9. The van der Waals surface area contributed by atoms with Crippen molar-refractivity contribution >= 4 is 21.9 Å². The summed E-state index contributed by atoms with van der Waals surface area (Å²) in [7, 11) is 3.63. The smallest absolute Gasteiger partial charge is 0.192 e. The van der Waals surface area contributed by atoms with E-state index >= 15 is 0 Å². The molecular weight excluding hydrogens is 342 g/mol. The van der Waals surface area contributed by atoms with Crippen molar-refractivity contribution in [2.75, 3.05) is 20.7 Å². The van der Waals surface area contributed by atoms with E-state index in [9.17, 15) is 0 Å². The van der Waals surface area contributed by atoms with E-state index in [2.05, 4.69) is 34.1 Å². The van der Waals surface area contributed by atoms with Crippen molar-refractivity contribution in [3.63, 3.8) is 0 Å². The van der Waals surface area contributed by atoms with Crippen molar-refractivity contribution in [3.05, 3.63) is 64.1 Å². The molecule has 114 valence electrons.